The van der Waals surface area contributed by atoms with Gasteiger partial charge in [0, 0.05) is 5.56 Å². The second-order valence-corrected chi connectivity index (χ2v) is 3.16. The van der Waals surface area contributed by atoms with Crippen molar-refractivity contribution in [1.82, 2.24) is 4.98 Å². The summed E-state index contributed by atoms with van der Waals surface area (Å²) in [6.45, 7) is 4.12. The highest BCUT2D eigenvalue weighted by Crippen LogP contribution is 2.22. The van der Waals surface area contributed by atoms with Gasteiger partial charge in [0.05, 0.1) is 6.20 Å². The van der Waals surface area contributed by atoms with E-state index in [1.165, 1.54) is 11.1 Å². The zero-order valence-corrected chi connectivity index (χ0v) is 7.74. The second kappa shape index (κ2) is 3.05. The molecule has 66 valence electrons. The van der Waals surface area contributed by atoms with Crippen LogP contribution in [-0.4, -0.2) is 4.98 Å². The van der Waals surface area contributed by atoms with E-state index in [2.05, 4.69) is 37.0 Å². The van der Waals surface area contributed by atoms with Crippen LogP contribution in [0.4, 0.5) is 0 Å². The summed E-state index contributed by atoms with van der Waals surface area (Å²) in [4.78, 5) is 4.12. The highest BCUT2D eigenvalue weighted by molar-refractivity contribution is 5.59. The van der Waals surface area contributed by atoms with Gasteiger partial charge in [-0.25, -0.2) is 4.98 Å². The Hall–Kier alpha value is -1.57. The zero-order chi connectivity index (χ0) is 9.26. The van der Waals surface area contributed by atoms with Crippen molar-refractivity contribution in [2.24, 2.45) is 0 Å². The summed E-state index contributed by atoms with van der Waals surface area (Å²) in [6, 6.07) is 6.25. The first kappa shape index (κ1) is 8.05. The highest BCUT2D eigenvalue weighted by Gasteiger charge is 2.05. The number of benzene rings is 1. The molecule has 0 aliphatic rings. The smallest absolute Gasteiger partial charge is 0.226 e. The number of oxazole rings is 1. The van der Waals surface area contributed by atoms with Crippen LogP contribution in [0.15, 0.2) is 35.1 Å². The Bertz CT molecular complexity index is 404. The number of rotatable bonds is 1. The lowest BCUT2D eigenvalue weighted by Gasteiger charge is -2.01. The summed E-state index contributed by atoms with van der Waals surface area (Å²) in [7, 11) is 0. The van der Waals surface area contributed by atoms with E-state index >= 15 is 0 Å². The number of nitrogens with zero attached hydrogens (tertiary/aromatic N) is 1. The minimum absolute atomic E-state index is 0.696. The molecular formula is C11H11NO. The Morgan fingerprint density at radius 2 is 2.08 bits per heavy atom. The molecule has 0 unspecified atom stereocenters. The van der Waals surface area contributed by atoms with Gasteiger partial charge in [-0.3, -0.25) is 0 Å². The Morgan fingerprint density at radius 1 is 1.23 bits per heavy atom. The first-order valence-electron chi connectivity index (χ1n) is 4.24. The van der Waals surface area contributed by atoms with Gasteiger partial charge < -0.3 is 4.42 Å². The maximum absolute atomic E-state index is 5.24. The predicted molar refractivity (Wildman–Crippen MR) is 51.4 cm³/mol. The monoisotopic (exact) mass is 173 g/mol. The van der Waals surface area contributed by atoms with Gasteiger partial charge in [-0.15, -0.1) is 0 Å². The zero-order valence-electron chi connectivity index (χ0n) is 7.74. The van der Waals surface area contributed by atoms with Crippen molar-refractivity contribution in [3.63, 3.8) is 0 Å². The van der Waals surface area contributed by atoms with Gasteiger partial charge in [0.25, 0.3) is 0 Å². The Kier molecular flexibility index (Phi) is 1.89. The number of aromatic nitrogens is 1. The normalized spacial score (nSPS) is 10.3. The molecule has 0 saturated heterocycles. The third kappa shape index (κ3) is 1.47. The Morgan fingerprint density at radius 3 is 2.77 bits per heavy atom. The molecule has 2 heteroatoms. The van der Waals surface area contributed by atoms with Gasteiger partial charge in [0.15, 0.2) is 0 Å². The van der Waals surface area contributed by atoms with E-state index in [0.717, 1.165) is 5.56 Å². The largest absolute Gasteiger partial charge is 0.445 e. The van der Waals surface area contributed by atoms with Crippen molar-refractivity contribution in [2.75, 3.05) is 0 Å². The highest BCUT2D eigenvalue weighted by atomic mass is 16.3. The topological polar surface area (TPSA) is 26.0 Å². The molecule has 2 nitrogen and oxygen atoms in total. The minimum Gasteiger partial charge on any atom is -0.445 e. The van der Waals surface area contributed by atoms with E-state index in [-0.39, 0.29) is 0 Å². The predicted octanol–water partition coefficient (Wildman–Crippen LogP) is 2.96. The van der Waals surface area contributed by atoms with Crippen LogP contribution in [0.2, 0.25) is 0 Å². The van der Waals surface area contributed by atoms with E-state index in [1.807, 2.05) is 0 Å². The maximum Gasteiger partial charge on any atom is 0.226 e. The van der Waals surface area contributed by atoms with Gasteiger partial charge in [-0.05, 0) is 25.5 Å². The fourth-order valence-corrected chi connectivity index (χ4v) is 1.32. The number of hydrogen-bond acceptors (Lipinski definition) is 2. The van der Waals surface area contributed by atoms with E-state index in [4.69, 9.17) is 4.42 Å². The molecule has 0 N–H and O–H groups in total. The van der Waals surface area contributed by atoms with Crippen LogP contribution in [-0.2, 0) is 0 Å². The summed E-state index contributed by atoms with van der Waals surface area (Å²) in [5.41, 5.74) is 3.48. The van der Waals surface area contributed by atoms with Crippen LogP contribution in [0.25, 0.3) is 11.5 Å². The molecular weight excluding hydrogens is 162 g/mol. The molecule has 1 aromatic carbocycles. The third-order valence-electron chi connectivity index (χ3n) is 2.06. The van der Waals surface area contributed by atoms with E-state index in [9.17, 15) is 0 Å². The lowest BCUT2D eigenvalue weighted by atomic mass is 10.1. The van der Waals surface area contributed by atoms with E-state index < -0.39 is 0 Å². The van der Waals surface area contributed by atoms with Crippen LogP contribution in [0.1, 0.15) is 11.1 Å². The van der Waals surface area contributed by atoms with Crippen molar-refractivity contribution < 1.29 is 4.42 Å². The van der Waals surface area contributed by atoms with Gasteiger partial charge in [0.2, 0.25) is 5.89 Å². The minimum atomic E-state index is 0.696. The summed E-state index contributed by atoms with van der Waals surface area (Å²) in [5.74, 6) is 0.696. The fraction of sp³-hybridized carbons (Fsp3) is 0.182. The van der Waals surface area contributed by atoms with Crippen molar-refractivity contribution in [3.8, 4) is 11.5 Å². The molecule has 1 aromatic heterocycles. The molecule has 0 aliphatic carbocycles. The molecule has 1 heterocycles. The molecule has 0 amide bonds. The quantitative estimate of drug-likeness (QED) is 0.662. The van der Waals surface area contributed by atoms with Crippen molar-refractivity contribution in [1.29, 1.82) is 0 Å². The van der Waals surface area contributed by atoms with Crippen LogP contribution in [0.5, 0.6) is 0 Å². The van der Waals surface area contributed by atoms with E-state index in [0.29, 0.717) is 5.89 Å². The van der Waals surface area contributed by atoms with Crippen LogP contribution in [0.3, 0.4) is 0 Å². The van der Waals surface area contributed by atoms with Gasteiger partial charge in [0.1, 0.15) is 6.26 Å². The van der Waals surface area contributed by atoms with Crippen molar-refractivity contribution in [3.05, 3.63) is 41.8 Å². The number of hydrogen-bond donors (Lipinski definition) is 0. The lowest BCUT2D eigenvalue weighted by molar-refractivity contribution is 0.574. The molecule has 0 fully saturated rings. The molecule has 2 rings (SSSR count). The number of aryl methyl sites for hydroxylation is 2. The standard InChI is InChI=1S/C11H11NO/c1-8-3-4-9(2)10(7-8)11-12-5-6-13-11/h3-7H,1-2H3. The Balaban J connectivity index is 2.57. The Labute approximate surface area is 77.2 Å². The maximum atomic E-state index is 5.24. The van der Waals surface area contributed by atoms with Crippen molar-refractivity contribution in [2.45, 2.75) is 13.8 Å². The van der Waals surface area contributed by atoms with Crippen LogP contribution in [0, 0.1) is 13.8 Å². The van der Waals surface area contributed by atoms with Gasteiger partial charge >= 0.3 is 0 Å². The third-order valence-corrected chi connectivity index (χ3v) is 2.06. The SMILES string of the molecule is Cc1ccc(C)c(-c2ncco2)c1. The molecule has 0 saturated carbocycles. The molecule has 2 aromatic rings. The molecule has 0 atom stereocenters. The second-order valence-electron chi connectivity index (χ2n) is 3.16. The molecule has 0 spiro atoms. The molecule has 0 bridgehead atoms. The van der Waals surface area contributed by atoms with Gasteiger partial charge in [-0.1, -0.05) is 17.7 Å². The van der Waals surface area contributed by atoms with Crippen LogP contribution < -0.4 is 0 Å². The fourth-order valence-electron chi connectivity index (χ4n) is 1.32. The summed E-state index contributed by atoms with van der Waals surface area (Å²) in [5, 5.41) is 0. The average molecular weight is 173 g/mol. The van der Waals surface area contributed by atoms with E-state index in [1.54, 1.807) is 12.5 Å². The molecule has 0 aliphatic heterocycles. The molecule has 0 radical (unpaired) electrons. The summed E-state index contributed by atoms with van der Waals surface area (Å²) >= 11 is 0. The van der Waals surface area contributed by atoms with Crippen LogP contribution >= 0.6 is 0 Å². The molecule has 13 heavy (non-hydrogen) atoms. The van der Waals surface area contributed by atoms with Gasteiger partial charge in [-0.2, -0.15) is 0 Å². The first-order chi connectivity index (χ1) is 6.27. The summed E-state index contributed by atoms with van der Waals surface area (Å²) < 4.78 is 5.24. The average Bonchev–Trinajstić information content (AvgIpc) is 2.61. The first-order valence-corrected chi connectivity index (χ1v) is 4.24. The van der Waals surface area contributed by atoms with Crippen molar-refractivity contribution >= 4 is 0 Å². The summed E-state index contributed by atoms with van der Waals surface area (Å²) in [6.07, 6.45) is 3.26. The lowest BCUT2D eigenvalue weighted by Crippen LogP contribution is -1.84.